The van der Waals surface area contributed by atoms with Crippen LogP contribution in [0.2, 0.25) is 0 Å². The van der Waals surface area contributed by atoms with Crippen LogP contribution in [0.3, 0.4) is 0 Å². The van der Waals surface area contributed by atoms with Crippen LogP contribution in [0, 0.1) is 0 Å². The van der Waals surface area contributed by atoms with Crippen molar-refractivity contribution in [1.82, 2.24) is 9.21 Å². The average Bonchev–Trinajstić information content (AvgIpc) is 2.95. The molecule has 1 fully saturated rings. The van der Waals surface area contributed by atoms with Crippen LogP contribution in [-0.2, 0) is 10.0 Å². The Bertz CT molecular complexity index is 1050. The lowest BCUT2D eigenvalue weighted by atomic mass is 10.0. The van der Waals surface area contributed by atoms with E-state index in [1.807, 2.05) is 24.3 Å². The Balaban J connectivity index is 1.22. The van der Waals surface area contributed by atoms with Crippen LogP contribution in [-0.4, -0.2) is 61.9 Å². The number of sulfonamides is 1. The summed E-state index contributed by atoms with van der Waals surface area (Å²) in [4.78, 5) is 15.1. The van der Waals surface area contributed by atoms with Crippen molar-refractivity contribution in [2.75, 3.05) is 26.2 Å². The van der Waals surface area contributed by atoms with Crippen molar-refractivity contribution in [3.05, 3.63) is 54.1 Å². The highest BCUT2D eigenvalue weighted by Crippen LogP contribution is 2.35. The van der Waals surface area contributed by atoms with Crippen LogP contribution in [0.4, 0.5) is 0 Å². The first-order chi connectivity index (χ1) is 14.0. The van der Waals surface area contributed by atoms with Gasteiger partial charge in [-0.15, -0.1) is 0 Å². The maximum Gasteiger partial charge on any atom is 0.269 e. The Morgan fingerprint density at radius 3 is 2.41 bits per heavy atom. The number of hydrogen-bond donors (Lipinski definition) is 0. The summed E-state index contributed by atoms with van der Waals surface area (Å²) in [6, 6.07) is 13.8. The monoisotopic (exact) mass is 414 g/mol. The molecule has 5 rings (SSSR count). The van der Waals surface area contributed by atoms with E-state index < -0.39 is 15.9 Å². The van der Waals surface area contributed by atoms with E-state index in [0.29, 0.717) is 39.1 Å². The standard InChI is InChI=1S/C21H22N2O5S/c24-21-17-5-1-4-8-20(17)29(25,26)23(21)15-9-11-22(12-10-15)13-16-14-27-18-6-2-3-7-19(18)28-16/h1-8,15-16H,9-14H2. The zero-order chi connectivity index (χ0) is 20.0. The molecule has 152 valence electrons. The Labute approximate surface area is 169 Å². The number of carbonyl (C=O) groups is 1. The smallest absolute Gasteiger partial charge is 0.269 e. The summed E-state index contributed by atoms with van der Waals surface area (Å²) in [7, 11) is -3.75. The second kappa shape index (κ2) is 7.03. The average molecular weight is 414 g/mol. The summed E-state index contributed by atoms with van der Waals surface area (Å²) >= 11 is 0. The second-order valence-electron chi connectivity index (χ2n) is 7.63. The molecule has 1 atom stereocenters. The molecule has 0 aliphatic carbocycles. The summed E-state index contributed by atoms with van der Waals surface area (Å²) in [5, 5.41) is 0. The number of carbonyl (C=O) groups excluding carboxylic acids is 1. The highest BCUT2D eigenvalue weighted by atomic mass is 32.2. The first-order valence-corrected chi connectivity index (χ1v) is 11.3. The fraction of sp³-hybridized carbons (Fsp3) is 0.381. The lowest BCUT2D eigenvalue weighted by Crippen LogP contribution is -2.50. The van der Waals surface area contributed by atoms with E-state index in [-0.39, 0.29) is 22.6 Å². The summed E-state index contributed by atoms with van der Waals surface area (Å²) in [5.41, 5.74) is 0.279. The summed E-state index contributed by atoms with van der Waals surface area (Å²) in [6.45, 7) is 2.62. The molecule has 0 N–H and O–H groups in total. The minimum Gasteiger partial charge on any atom is -0.486 e. The Morgan fingerprint density at radius 1 is 0.966 bits per heavy atom. The number of nitrogens with zero attached hydrogens (tertiary/aromatic N) is 2. The van der Waals surface area contributed by atoms with Crippen molar-refractivity contribution < 1.29 is 22.7 Å². The number of ether oxygens (including phenoxy) is 2. The maximum absolute atomic E-state index is 12.9. The number of hydrogen-bond acceptors (Lipinski definition) is 6. The predicted molar refractivity (Wildman–Crippen MR) is 106 cm³/mol. The molecule has 1 amide bonds. The molecule has 0 saturated carbocycles. The van der Waals surface area contributed by atoms with Gasteiger partial charge in [-0.25, -0.2) is 12.7 Å². The van der Waals surface area contributed by atoms with E-state index >= 15 is 0 Å². The molecule has 0 bridgehead atoms. The van der Waals surface area contributed by atoms with Gasteiger partial charge in [0, 0.05) is 19.6 Å². The molecule has 0 spiro atoms. The minimum absolute atomic E-state index is 0.0668. The SMILES string of the molecule is O=C1c2ccccc2S(=O)(=O)N1C1CCN(CC2COc3ccccc3O2)CC1. The van der Waals surface area contributed by atoms with Gasteiger partial charge in [-0.3, -0.25) is 9.69 Å². The summed E-state index contributed by atoms with van der Waals surface area (Å²) in [6.07, 6.45) is 1.16. The predicted octanol–water partition coefficient (Wildman–Crippen LogP) is 2.14. The molecule has 3 aliphatic heterocycles. The topological polar surface area (TPSA) is 76.2 Å². The van der Waals surface area contributed by atoms with E-state index in [4.69, 9.17) is 9.47 Å². The van der Waals surface area contributed by atoms with Gasteiger partial charge in [0.15, 0.2) is 11.5 Å². The second-order valence-corrected chi connectivity index (χ2v) is 9.41. The van der Waals surface area contributed by atoms with Gasteiger partial charge in [0.2, 0.25) is 0 Å². The molecule has 8 heteroatoms. The van der Waals surface area contributed by atoms with Gasteiger partial charge in [0.1, 0.15) is 17.6 Å². The van der Waals surface area contributed by atoms with Gasteiger partial charge in [-0.05, 0) is 37.1 Å². The number of fused-ring (bicyclic) bond motifs is 2. The zero-order valence-corrected chi connectivity index (χ0v) is 16.7. The number of likely N-dealkylation sites (tertiary alicyclic amines) is 1. The molecular weight excluding hydrogens is 392 g/mol. The van der Waals surface area contributed by atoms with Crippen LogP contribution >= 0.6 is 0 Å². The third-order valence-corrected chi connectivity index (χ3v) is 7.67. The first kappa shape index (κ1) is 18.4. The van der Waals surface area contributed by atoms with Gasteiger partial charge in [0.25, 0.3) is 15.9 Å². The first-order valence-electron chi connectivity index (χ1n) is 9.82. The van der Waals surface area contributed by atoms with Gasteiger partial charge in [0.05, 0.1) is 11.6 Å². The summed E-state index contributed by atoms with van der Waals surface area (Å²) < 4.78 is 38.6. The van der Waals surface area contributed by atoms with Crippen LogP contribution in [0.1, 0.15) is 23.2 Å². The van der Waals surface area contributed by atoms with E-state index in [1.54, 1.807) is 18.2 Å². The Kier molecular flexibility index (Phi) is 4.48. The van der Waals surface area contributed by atoms with Crippen molar-refractivity contribution in [3.8, 4) is 11.5 Å². The van der Waals surface area contributed by atoms with Gasteiger partial charge >= 0.3 is 0 Å². The van der Waals surface area contributed by atoms with Crippen LogP contribution < -0.4 is 9.47 Å². The van der Waals surface area contributed by atoms with E-state index in [9.17, 15) is 13.2 Å². The van der Waals surface area contributed by atoms with Crippen molar-refractivity contribution >= 4 is 15.9 Å². The van der Waals surface area contributed by atoms with Crippen molar-refractivity contribution in [2.24, 2.45) is 0 Å². The third-order valence-electron chi connectivity index (χ3n) is 5.77. The zero-order valence-electron chi connectivity index (χ0n) is 15.9. The minimum atomic E-state index is -3.75. The fourth-order valence-electron chi connectivity index (χ4n) is 4.34. The van der Waals surface area contributed by atoms with Crippen LogP contribution in [0.5, 0.6) is 11.5 Å². The molecule has 1 unspecified atom stereocenters. The lowest BCUT2D eigenvalue weighted by molar-refractivity contribution is 0.0447. The molecular formula is C21H22N2O5S. The van der Waals surface area contributed by atoms with Gasteiger partial charge in [-0.1, -0.05) is 24.3 Å². The number of piperidine rings is 1. The van der Waals surface area contributed by atoms with Crippen molar-refractivity contribution in [1.29, 1.82) is 0 Å². The molecule has 2 aromatic carbocycles. The highest BCUT2D eigenvalue weighted by molar-refractivity contribution is 7.90. The molecule has 2 aromatic rings. The molecule has 3 aliphatic rings. The Hall–Kier alpha value is -2.58. The third kappa shape index (κ3) is 3.16. The quantitative estimate of drug-likeness (QED) is 0.766. The Morgan fingerprint density at radius 2 is 1.66 bits per heavy atom. The fourth-order valence-corrected chi connectivity index (χ4v) is 6.16. The normalized spacial score (nSPS) is 23.8. The number of rotatable bonds is 3. The van der Waals surface area contributed by atoms with Crippen LogP contribution in [0.25, 0.3) is 0 Å². The molecule has 29 heavy (non-hydrogen) atoms. The highest BCUT2D eigenvalue weighted by Gasteiger charge is 2.45. The van der Waals surface area contributed by atoms with Crippen LogP contribution in [0.15, 0.2) is 53.4 Å². The van der Waals surface area contributed by atoms with E-state index in [2.05, 4.69) is 4.90 Å². The largest absolute Gasteiger partial charge is 0.486 e. The number of benzene rings is 2. The molecule has 0 aromatic heterocycles. The molecule has 7 nitrogen and oxygen atoms in total. The molecule has 3 heterocycles. The van der Waals surface area contributed by atoms with Gasteiger partial charge < -0.3 is 9.47 Å². The lowest BCUT2D eigenvalue weighted by Gasteiger charge is -2.37. The summed E-state index contributed by atoms with van der Waals surface area (Å²) in [5.74, 6) is 1.12. The number of amides is 1. The van der Waals surface area contributed by atoms with E-state index in [0.717, 1.165) is 15.8 Å². The van der Waals surface area contributed by atoms with E-state index in [1.165, 1.54) is 6.07 Å². The maximum atomic E-state index is 12.9. The molecule has 0 radical (unpaired) electrons. The molecule has 1 saturated heterocycles. The van der Waals surface area contributed by atoms with Crippen molar-refractivity contribution in [3.63, 3.8) is 0 Å². The number of para-hydroxylation sites is 2. The van der Waals surface area contributed by atoms with Crippen molar-refractivity contribution in [2.45, 2.75) is 29.9 Å². The van der Waals surface area contributed by atoms with Gasteiger partial charge in [-0.2, -0.15) is 0 Å².